The predicted molar refractivity (Wildman–Crippen MR) is 103 cm³/mol. The zero-order chi connectivity index (χ0) is 17.6. The molecule has 0 amide bonds. The van der Waals surface area contributed by atoms with E-state index in [1.54, 1.807) is 7.11 Å². The molecule has 0 aliphatic rings. The molecule has 0 atom stereocenters. The average molecular weight is 326 g/mol. The van der Waals surface area contributed by atoms with Gasteiger partial charge in [-0.1, -0.05) is 44.2 Å². The van der Waals surface area contributed by atoms with Crippen molar-refractivity contribution >= 4 is 5.69 Å². The number of ether oxygens (including phenoxy) is 1. The van der Waals surface area contributed by atoms with Crippen LogP contribution >= 0.6 is 0 Å². The summed E-state index contributed by atoms with van der Waals surface area (Å²) in [7, 11) is 3.71. The topological polar surface area (TPSA) is 24.5 Å². The summed E-state index contributed by atoms with van der Waals surface area (Å²) in [5, 5.41) is 3.27. The minimum absolute atomic E-state index is 0.143. The molecule has 0 bridgehead atoms. The van der Waals surface area contributed by atoms with Crippen molar-refractivity contribution in [2.24, 2.45) is 0 Å². The Kier molecular flexibility index (Phi) is 6.27. The number of hydrogen-bond donors (Lipinski definition) is 1. The second-order valence-corrected chi connectivity index (χ2v) is 6.83. The Hall–Kier alpha value is -2.00. The summed E-state index contributed by atoms with van der Waals surface area (Å²) in [6.07, 6.45) is 0. The van der Waals surface area contributed by atoms with Crippen molar-refractivity contribution in [1.82, 2.24) is 5.32 Å². The van der Waals surface area contributed by atoms with E-state index >= 15 is 0 Å². The summed E-state index contributed by atoms with van der Waals surface area (Å²) in [6.45, 7) is 9.55. The Labute approximate surface area is 146 Å². The van der Waals surface area contributed by atoms with E-state index in [1.165, 1.54) is 16.8 Å². The lowest BCUT2D eigenvalue weighted by Crippen LogP contribution is -2.30. The summed E-state index contributed by atoms with van der Waals surface area (Å²) < 4.78 is 5.34. The van der Waals surface area contributed by atoms with Gasteiger partial charge in [0.15, 0.2) is 0 Å². The Bertz CT molecular complexity index is 635. The first-order valence-electron chi connectivity index (χ1n) is 8.63. The summed E-state index contributed by atoms with van der Waals surface area (Å²) in [5.41, 5.74) is 4.02. The lowest BCUT2D eigenvalue weighted by Gasteiger charge is -2.26. The first-order valence-corrected chi connectivity index (χ1v) is 8.63. The molecule has 2 aromatic carbocycles. The Balaban J connectivity index is 2.13. The van der Waals surface area contributed by atoms with Crippen LogP contribution in [0.5, 0.6) is 5.75 Å². The molecule has 0 heterocycles. The van der Waals surface area contributed by atoms with Gasteiger partial charge in [-0.05, 0) is 37.2 Å². The molecule has 0 aliphatic heterocycles. The van der Waals surface area contributed by atoms with Crippen molar-refractivity contribution in [2.75, 3.05) is 32.1 Å². The fourth-order valence-electron chi connectivity index (χ4n) is 3.02. The van der Waals surface area contributed by atoms with Crippen LogP contribution in [0.1, 0.15) is 31.9 Å². The zero-order valence-electron chi connectivity index (χ0n) is 15.6. The molecule has 0 spiro atoms. The van der Waals surface area contributed by atoms with Crippen molar-refractivity contribution in [3.8, 4) is 5.75 Å². The fourth-order valence-corrected chi connectivity index (χ4v) is 3.02. The molecule has 0 fully saturated rings. The van der Waals surface area contributed by atoms with Crippen LogP contribution in [0.2, 0.25) is 0 Å². The van der Waals surface area contributed by atoms with Crippen molar-refractivity contribution in [2.45, 2.75) is 32.7 Å². The lowest BCUT2D eigenvalue weighted by molar-refractivity contribution is 0.415. The SMILES string of the molecule is CCN(Cc1ccc(C(C)(C)CNC)cc1)c1cccc(OC)c1. The lowest BCUT2D eigenvalue weighted by atomic mass is 9.84. The van der Waals surface area contributed by atoms with Gasteiger partial charge in [0.1, 0.15) is 5.75 Å². The standard InChI is InChI=1S/C21H30N2O/c1-6-23(19-8-7-9-20(14-19)24-5)15-17-10-12-18(13-11-17)21(2,3)16-22-4/h7-14,22H,6,15-16H2,1-5H3. The summed E-state index contributed by atoms with van der Waals surface area (Å²) in [5.74, 6) is 0.898. The molecule has 2 rings (SSSR count). The van der Waals surface area contributed by atoms with Crippen LogP contribution in [0.4, 0.5) is 5.69 Å². The highest BCUT2D eigenvalue weighted by molar-refractivity contribution is 5.51. The molecule has 0 aliphatic carbocycles. The second kappa shape index (κ2) is 8.20. The van der Waals surface area contributed by atoms with E-state index in [0.29, 0.717) is 0 Å². The van der Waals surface area contributed by atoms with E-state index in [0.717, 1.165) is 25.4 Å². The van der Waals surface area contributed by atoms with Gasteiger partial charge in [-0.3, -0.25) is 0 Å². The van der Waals surface area contributed by atoms with Crippen molar-refractivity contribution in [3.63, 3.8) is 0 Å². The number of hydrogen-bond acceptors (Lipinski definition) is 3. The van der Waals surface area contributed by atoms with E-state index in [9.17, 15) is 0 Å². The largest absolute Gasteiger partial charge is 0.497 e. The smallest absolute Gasteiger partial charge is 0.120 e. The van der Waals surface area contributed by atoms with Crippen LogP contribution in [0.25, 0.3) is 0 Å². The molecule has 0 aromatic heterocycles. The van der Waals surface area contributed by atoms with Crippen molar-refractivity contribution in [3.05, 3.63) is 59.7 Å². The van der Waals surface area contributed by atoms with Crippen molar-refractivity contribution in [1.29, 1.82) is 0 Å². The van der Waals surface area contributed by atoms with Gasteiger partial charge < -0.3 is 15.0 Å². The third-order valence-corrected chi connectivity index (χ3v) is 4.53. The Morgan fingerprint density at radius 2 is 1.79 bits per heavy atom. The van der Waals surface area contributed by atoms with E-state index < -0.39 is 0 Å². The van der Waals surface area contributed by atoms with Gasteiger partial charge in [-0.2, -0.15) is 0 Å². The molecular formula is C21H30N2O. The predicted octanol–water partition coefficient (Wildman–Crippen LogP) is 4.22. The van der Waals surface area contributed by atoms with Crippen LogP contribution in [0.3, 0.4) is 0 Å². The van der Waals surface area contributed by atoms with Gasteiger partial charge in [0.25, 0.3) is 0 Å². The van der Waals surface area contributed by atoms with E-state index in [-0.39, 0.29) is 5.41 Å². The summed E-state index contributed by atoms with van der Waals surface area (Å²) in [6, 6.07) is 17.3. The highest BCUT2D eigenvalue weighted by Gasteiger charge is 2.19. The third kappa shape index (κ3) is 4.51. The maximum absolute atomic E-state index is 5.34. The number of methoxy groups -OCH3 is 1. The van der Waals surface area contributed by atoms with Gasteiger partial charge in [0.05, 0.1) is 7.11 Å². The number of benzene rings is 2. The monoisotopic (exact) mass is 326 g/mol. The van der Waals surface area contributed by atoms with Gasteiger partial charge >= 0.3 is 0 Å². The Morgan fingerprint density at radius 3 is 2.38 bits per heavy atom. The number of likely N-dealkylation sites (N-methyl/N-ethyl adjacent to an activating group) is 1. The molecule has 0 radical (unpaired) electrons. The highest BCUT2D eigenvalue weighted by atomic mass is 16.5. The third-order valence-electron chi connectivity index (χ3n) is 4.53. The van der Waals surface area contributed by atoms with Gasteiger partial charge in [0.2, 0.25) is 0 Å². The van der Waals surface area contributed by atoms with E-state index in [2.05, 4.69) is 67.4 Å². The number of nitrogens with one attached hydrogen (secondary N) is 1. The number of rotatable bonds is 8. The number of anilines is 1. The molecule has 1 N–H and O–H groups in total. The average Bonchev–Trinajstić information content (AvgIpc) is 2.60. The highest BCUT2D eigenvalue weighted by Crippen LogP contribution is 2.25. The minimum atomic E-state index is 0.143. The van der Waals surface area contributed by atoms with Gasteiger partial charge in [-0.15, -0.1) is 0 Å². The van der Waals surface area contributed by atoms with Crippen LogP contribution in [0, 0.1) is 0 Å². The van der Waals surface area contributed by atoms with Crippen LogP contribution < -0.4 is 15.0 Å². The van der Waals surface area contributed by atoms with E-state index in [4.69, 9.17) is 4.74 Å². The van der Waals surface area contributed by atoms with Crippen LogP contribution in [0.15, 0.2) is 48.5 Å². The molecule has 24 heavy (non-hydrogen) atoms. The minimum Gasteiger partial charge on any atom is -0.497 e. The molecule has 130 valence electrons. The number of nitrogens with zero attached hydrogens (tertiary/aromatic N) is 1. The second-order valence-electron chi connectivity index (χ2n) is 6.83. The molecule has 3 heteroatoms. The van der Waals surface area contributed by atoms with Crippen LogP contribution in [-0.2, 0) is 12.0 Å². The molecule has 2 aromatic rings. The first-order chi connectivity index (χ1) is 11.5. The molecular weight excluding hydrogens is 296 g/mol. The zero-order valence-corrected chi connectivity index (χ0v) is 15.6. The quantitative estimate of drug-likeness (QED) is 0.786. The van der Waals surface area contributed by atoms with E-state index in [1.807, 2.05) is 19.2 Å². The van der Waals surface area contributed by atoms with Crippen LogP contribution in [-0.4, -0.2) is 27.2 Å². The maximum atomic E-state index is 5.34. The maximum Gasteiger partial charge on any atom is 0.120 e. The Morgan fingerprint density at radius 1 is 1.08 bits per heavy atom. The molecule has 0 saturated carbocycles. The molecule has 3 nitrogen and oxygen atoms in total. The first kappa shape index (κ1) is 18.3. The molecule has 0 saturated heterocycles. The molecule has 0 unspecified atom stereocenters. The summed E-state index contributed by atoms with van der Waals surface area (Å²) >= 11 is 0. The normalized spacial score (nSPS) is 11.4. The van der Waals surface area contributed by atoms with Gasteiger partial charge in [-0.25, -0.2) is 0 Å². The van der Waals surface area contributed by atoms with Gasteiger partial charge in [0, 0.05) is 36.8 Å². The van der Waals surface area contributed by atoms with Crippen molar-refractivity contribution < 1.29 is 4.74 Å². The fraction of sp³-hybridized carbons (Fsp3) is 0.429. The summed E-state index contributed by atoms with van der Waals surface area (Å²) in [4.78, 5) is 2.36.